The van der Waals surface area contributed by atoms with Crippen LogP contribution in [0.5, 0.6) is 11.5 Å². The lowest BCUT2D eigenvalue weighted by Gasteiger charge is -2.28. The summed E-state index contributed by atoms with van der Waals surface area (Å²) in [6.45, 7) is 4.70. The summed E-state index contributed by atoms with van der Waals surface area (Å²) in [5.74, 6) is -0.284. The smallest absolute Gasteiger partial charge is 0.224 e. The zero-order chi connectivity index (χ0) is 25.4. The summed E-state index contributed by atoms with van der Waals surface area (Å²) in [4.78, 5) is 12.4. The molecule has 0 aliphatic heterocycles. The predicted molar refractivity (Wildman–Crippen MR) is 134 cm³/mol. The summed E-state index contributed by atoms with van der Waals surface area (Å²) >= 11 is 0. The molecule has 35 heavy (non-hydrogen) atoms. The first-order valence-electron chi connectivity index (χ1n) is 11.4. The molecule has 0 unspecified atom stereocenters. The first kappa shape index (κ1) is 25.8. The molecule has 182 valence electrons. The highest BCUT2D eigenvalue weighted by Gasteiger charge is 2.20. The Kier molecular flexibility index (Phi) is 8.48. The van der Waals surface area contributed by atoms with Gasteiger partial charge in [0.05, 0.1) is 24.2 Å². The molecule has 0 bridgehead atoms. The fourth-order valence-electron chi connectivity index (χ4n) is 3.87. The number of carbonyl (C=O) groups is 1. The number of rotatable bonds is 10. The molecular formula is C28H31N3O4. The van der Waals surface area contributed by atoms with Crippen LogP contribution in [0, 0.1) is 11.3 Å². The van der Waals surface area contributed by atoms with E-state index in [1.54, 1.807) is 12.1 Å². The lowest BCUT2D eigenvalue weighted by atomic mass is 9.93. The van der Waals surface area contributed by atoms with Crippen molar-refractivity contribution in [3.8, 4) is 17.6 Å². The van der Waals surface area contributed by atoms with E-state index in [-0.39, 0.29) is 35.9 Å². The number of nitrogens with zero attached hydrogens (tertiary/aromatic N) is 1. The van der Waals surface area contributed by atoms with Gasteiger partial charge in [-0.15, -0.1) is 0 Å². The second kappa shape index (κ2) is 11.5. The van der Waals surface area contributed by atoms with Crippen LogP contribution in [0.2, 0.25) is 0 Å². The number of aliphatic hydroxyl groups excluding tert-OH is 1. The van der Waals surface area contributed by atoms with Crippen molar-refractivity contribution in [1.82, 2.24) is 10.6 Å². The second-order valence-corrected chi connectivity index (χ2v) is 9.32. The summed E-state index contributed by atoms with van der Waals surface area (Å²) in [6, 6.07) is 21.1. The zero-order valence-electron chi connectivity index (χ0n) is 20.0. The minimum atomic E-state index is -0.890. The topological polar surface area (TPSA) is 126 Å². The number of nitrogens with one attached hydrogen (secondary N) is 2. The number of hydrogen-bond donors (Lipinski definition) is 5. The van der Waals surface area contributed by atoms with Gasteiger partial charge in [-0.3, -0.25) is 4.79 Å². The van der Waals surface area contributed by atoms with E-state index in [1.165, 1.54) is 18.2 Å². The average molecular weight is 474 g/mol. The lowest BCUT2D eigenvalue weighted by molar-refractivity contribution is -0.120. The van der Waals surface area contributed by atoms with Crippen molar-refractivity contribution >= 4 is 5.91 Å². The van der Waals surface area contributed by atoms with Gasteiger partial charge in [-0.25, -0.2) is 0 Å². The van der Waals surface area contributed by atoms with Gasteiger partial charge in [0.25, 0.3) is 0 Å². The van der Waals surface area contributed by atoms with Crippen LogP contribution in [0.25, 0.3) is 0 Å². The second-order valence-electron chi connectivity index (χ2n) is 9.32. The molecule has 1 atom stereocenters. The van der Waals surface area contributed by atoms with E-state index in [0.29, 0.717) is 24.1 Å². The number of nitriles is 1. The van der Waals surface area contributed by atoms with Crippen LogP contribution in [0.1, 0.15) is 47.8 Å². The van der Waals surface area contributed by atoms with Gasteiger partial charge in [-0.05, 0) is 66.8 Å². The SMILES string of the molecule is CC(C)(Cc1cccc(CC(=O)NCc2ccc(C#N)cc2)c1)NC[C@H](O)c1cc(O)cc(O)c1. The number of phenolic OH excluding ortho intramolecular Hbond substituents is 2. The Morgan fingerprint density at radius 2 is 1.63 bits per heavy atom. The average Bonchev–Trinajstić information content (AvgIpc) is 2.81. The highest BCUT2D eigenvalue weighted by molar-refractivity contribution is 5.78. The Hall–Kier alpha value is -3.86. The molecule has 0 aromatic heterocycles. The molecule has 1 amide bonds. The van der Waals surface area contributed by atoms with Gasteiger partial charge >= 0.3 is 0 Å². The minimum absolute atomic E-state index is 0.0821. The van der Waals surface area contributed by atoms with Crippen molar-refractivity contribution in [2.24, 2.45) is 0 Å². The molecule has 3 aromatic rings. The molecule has 0 saturated heterocycles. The van der Waals surface area contributed by atoms with E-state index < -0.39 is 6.10 Å². The van der Waals surface area contributed by atoms with E-state index in [2.05, 4.69) is 16.7 Å². The van der Waals surface area contributed by atoms with E-state index in [0.717, 1.165) is 16.7 Å². The fourth-order valence-corrected chi connectivity index (χ4v) is 3.87. The standard InChI is InChI=1S/C28H31N3O4/c1-28(2,31-18-26(34)23-12-24(32)14-25(33)13-23)15-22-5-3-4-21(10-22)11-27(35)30-17-20-8-6-19(16-29)7-9-20/h3-10,12-14,26,31-34H,11,15,17-18H2,1-2H3,(H,30,35)/t26-/m0/s1. The number of β-amino-alcohol motifs (C(OH)–C–C–N with tert-alkyl or cyclic N) is 1. The third kappa shape index (κ3) is 8.14. The van der Waals surface area contributed by atoms with Crippen molar-refractivity contribution in [3.63, 3.8) is 0 Å². The van der Waals surface area contributed by atoms with Crippen LogP contribution in [0.4, 0.5) is 0 Å². The molecule has 0 aliphatic carbocycles. The van der Waals surface area contributed by atoms with Crippen LogP contribution in [-0.4, -0.2) is 33.3 Å². The quantitative estimate of drug-likeness (QED) is 0.307. The molecule has 0 radical (unpaired) electrons. The van der Waals surface area contributed by atoms with Gasteiger partial charge in [0, 0.05) is 24.7 Å². The number of hydrogen-bond acceptors (Lipinski definition) is 6. The molecule has 3 aromatic carbocycles. The first-order chi connectivity index (χ1) is 16.6. The Morgan fingerprint density at radius 1 is 0.971 bits per heavy atom. The predicted octanol–water partition coefficient (Wildman–Crippen LogP) is 3.47. The number of carbonyl (C=O) groups excluding carboxylic acids is 1. The largest absolute Gasteiger partial charge is 0.508 e. The van der Waals surface area contributed by atoms with E-state index in [4.69, 9.17) is 5.26 Å². The Morgan fingerprint density at radius 3 is 2.29 bits per heavy atom. The van der Waals surface area contributed by atoms with Gasteiger partial charge in [-0.1, -0.05) is 36.4 Å². The van der Waals surface area contributed by atoms with Crippen LogP contribution in [0.15, 0.2) is 66.7 Å². The number of benzene rings is 3. The third-order valence-electron chi connectivity index (χ3n) is 5.66. The number of aliphatic hydroxyl groups is 1. The van der Waals surface area contributed by atoms with Gasteiger partial charge < -0.3 is 26.0 Å². The van der Waals surface area contributed by atoms with Crippen LogP contribution in [-0.2, 0) is 24.2 Å². The molecule has 0 fully saturated rings. The molecule has 0 saturated carbocycles. The summed E-state index contributed by atoms with van der Waals surface area (Å²) in [6.07, 6.45) is 0.0436. The van der Waals surface area contributed by atoms with Gasteiger partial charge in [0.2, 0.25) is 5.91 Å². The van der Waals surface area contributed by atoms with Gasteiger partial charge in [0.1, 0.15) is 11.5 Å². The van der Waals surface area contributed by atoms with Crippen LogP contribution < -0.4 is 10.6 Å². The zero-order valence-corrected chi connectivity index (χ0v) is 20.0. The van der Waals surface area contributed by atoms with Crippen molar-refractivity contribution in [3.05, 3.63) is 94.5 Å². The summed E-state index contributed by atoms with van der Waals surface area (Å²) in [5, 5.41) is 44.8. The van der Waals surface area contributed by atoms with Gasteiger partial charge in [-0.2, -0.15) is 5.26 Å². The fraction of sp³-hybridized carbons (Fsp3) is 0.286. The van der Waals surface area contributed by atoms with Crippen LogP contribution >= 0.6 is 0 Å². The maximum Gasteiger partial charge on any atom is 0.224 e. The highest BCUT2D eigenvalue weighted by Crippen LogP contribution is 2.25. The molecule has 3 rings (SSSR count). The van der Waals surface area contributed by atoms with Crippen molar-refractivity contribution < 1.29 is 20.1 Å². The normalized spacial score (nSPS) is 12.1. The van der Waals surface area contributed by atoms with E-state index >= 15 is 0 Å². The molecule has 7 nitrogen and oxygen atoms in total. The Balaban J connectivity index is 1.52. The van der Waals surface area contributed by atoms with E-state index in [1.807, 2.05) is 50.2 Å². The van der Waals surface area contributed by atoms with Crippen molar-refractivity contribution in [2.75, 3.05) is 6.54 Å². The minimum Gasteiger partial charge on any atom is -0.508 e. The molecule has 0 heterocycles. The third-order valence-corrected chi connectivity index (χ3v) is 5.66. The molecule has 5 N–H and O–H groups in total. The summed E-state index contributed by atoms with van der Waals surface area (Å²) < 4.78 is 0. The van der Waals surface area contributed by atoms with Crippen LogP contribution in [0.3, 0.4) is 0 Å². The lowest BCUT2D eigenvalue weighted by Crippen LogP contribution is -2.43. The van der Waals surface area contributed by atoms with Crippen molar-refractivity contribution in [1.29, 1.82) is 5.26 Å². The highest BCUT2D eigenvalue weighted by atomic mass is 16.3. The monoisotopic (exact) mass is 473 g/mol. The molecule has 7 heteroatoms. The van der Waals surface area contributed by atoms with E-state index in [9.17, 15) is 20.1 Å². The number of aromatic hydroxyl groups is 2. The van der Waals surface area contributed by atoms with Gasteiger partial charge in [0.15, 0.2) is 0 Å². The summed E-state index contributed by atoms with van der Waals surface area (Å²) in [7, 11) is 0. The Labute approximate surface area is 205 Å². The Bertz CT molecular complexity index is 1180. The maximum absolute atomic E-state index is 12.4. The molecule has 0 spiro atoms. The molecule has 0 aliphatic rings. The molecular weight excluding hydrogens is 442 g/mol. The summed E-state index contributed by atoms with van der Waals surface area (Å²) in [5.41, 5.74) is 3.57. The number of phenols is 2. The van der Waals surface area contributed by atoms with Crippen molar-refractivity contribution in [2.45, 2.75) is 44.9 Å². The maximum atomic E-state index is 12.4. The number of amides is 1. The first-order valence-corrected chi connectivity index (χ1v) is 11.4.